The first-order valence-electron chi connectivity index (χ1n) is 13.1. The summed E-state index contributed by atoms with van der Waals surface area (Å²) in [6.07, 6.45) is 0. The van der Waals surface area contributed by atoms with E-state index >= 15 is 0 Å². The number of hydrogen-bond acceptors (Lipinski definition) is 16. The largest absolute Gasteiger partial charge is 0.394 e. The number of aromatic nitrogens is 3. The molecule has 9 N–H and O–H groups in total. The lowest BCUT2D eigenvalue weighted by Gasteiger charge is -2.12. The molecule has 1 heterocycles. The molecule has 1 aromatic heterocycles. The van der Waals surface area contributed by atoms with Crippen molar-refractivity contribution in [2.45, 2.75) is 14.7 Å². The van der Waals surface area contributed by atoms with E-state index in [0.29, 0.717) is 18.2 Å². The first-order valence-corrected chi connectivity index (χ1v) is 17.8. The Kier molecular flexibility index (Phi) is 11.3. The van der Waals surface area contributed by atoms with Crippen LogP contribution in [-0.4, -0.2) is 91.4 Å². The number of nitrogens with zero attached hydrogens (tertiary/aromatic N) is 5. The number of aliphatic hydroxyl groups is 1. The SMILES string of the molecule is NC(=O)Nc1cc(Nc2nc(Cl)nc(NCCOCCO)n2)ccc1/N=N/c1cc2c(S(=O)(=O)O)cc(S(=O)(=O)O)cc2cc1S(=O)(=O)O. The number of nitrogens with one attached hydrogen (secondary N) is 3. The van der Waals surface area contributed by atoms with Gasteiger partial charge in [-0.3, -0.25) is 13.7 Å². The molecule has 0 aliphatic heterocycles. The summed E-state index contributed by atoms with van der Waals surface area (Å²) in [5.41, 5.74) is 4.58. The summed E-state index contributed by atoms with van der Waals surface area (Å²) in [7, 11) is -15.4. The van der Waals surface area contributed by atoms with Crippen LogP contribution >= 0.6 is 11.6 Å². The lowest BCUT2D eigenvalue weighted by atomic mass is 10.1. The van der Waals surface area contributed by atoms with Crippen LogP contribution in [0, 0.1) is 0 Å². The molecule has 2 amide bonds. The molecule has 4 aromatic rings. The van der Waals surface area contributed by atoms with Crippen molar-refractivity contribution >= 4 is 93.4 Å². The molecule has 0 aliphatic carbocycles. The number of benzene rings is 3. The number of ether oxygens (including phenoxy) is 1. The van der Waals surface area contributed by atoms with Gasteiger partial charge >= 0.3 is 6.03 Å². The van der Waals surface area contributed by atoms with Crippen LogP contribution < -0.4 is 21.7 Å². The van der Waals surface area contributed by atoms with Gasteiger partial charge in [-0.1, -0.05) is 0 Å². The first kappa shape index (κ1) is 37.2. The van der Waals surface area contributed by atoms with Crippen molar-refractivity contribution in [2.24, 2.45) is 16.0 Å². The van der Waals surface area contributed by atoms with Crippen LogP contribution in [0.25, 0.3) is 10.8 Å². The van der Waals surface area contributed by atoms with Crippen molar-refractivity contribution in [3.05, 3.63) is 47.7 Å². The quantitative estimate of drug-likeness (QED) is 0.0519. The molecule has 262 valence electrons. The Morgan fingerprint density at radius 2 is 1.51 bits per heavy atom. The minimum atomic E-state index is -5.18. The minimum absolute atomic E-state index is 0.0427. The highest BCUT2D eigenvalue weighted by atomic mass is 35.5. The maximum Gasteiger partial charge on any atom is 0.316 e. The zero-order chi connectivity index (χ0) is 36.1. The number of halogens is 1. The van der Waals surface area contributed by atoms with Crippen LogP contribution in [0.5, 0.6) is 0 Å². The molecule has 0 aliphatic rings. The molecule has 21 nitrogen and oxygen atoms in total. The van der Waals surface area contributed by atoms with E-state index in [1.807, 2.05) is 0 Å². The van der Waals surface area contributed by atoms with E-state index in [0.717, 1.165) is 6.07 Å². The molecule has 0 bridgehead atoms. The summed E-state index contributed by atoms with van der Waals surface area (Å²) >= 11 is 5.99. The maximum atomic E-state index is 12.2. The van der Waals surface area contributed by atoms with E-state index in [-0.39, 0.29) is 60.6 Å². The first-order chi connectivity index (χ1) is 22.8. The van der Waals surface area contributed by atoms with Crippen LogP contribution in [0.3, 0.4) is 0 Å². The number of amides is 2. The molecular weight excluding hydrogens is 738 g/mol. The van der Waals surface area contributed by atoms with Gasteiger partial charge in [-0.15, -0.1) is 10.2 Å². The average Bonchev–Trinajstić information content (AvgIpc) is 2.97. The number of azo groups is 1. The summed E-state index contributed by atoms with van der Waals surface area (Å²) < 4.78 is 106. The summed E-state index contributed by atoms with van der Waals surface area (Å²) in [6, 6.07) is 5.44. The van der Waals surface area contributed by atoms with Gasteiger partial charge in [0.15, 0.2) is 0 Å². The average molecular weight is 762 g/mol. The molecular formula is C24H24ClN9O12S3. The molecule has 4 rings (SSSR count). The Morgan fingerprint density at radius 3 is 2.14 bits per heavy atom. The van der Waals surface area contributed by atoms with Crippen molar-refractivity contribution in [3.8, 4) is 0 Å². The normalized spacial score (nSPS) is 12.3. The fourth-order valence-electron chi connectivity index (χ4n) is 4.02. The van der Waals surface area contributed by atoms with Gasteiger partial charge in [-0.2, -0.15) is 40.2 Å². The van der Waals surface area contributed by atoms with Gasteiger partial charge in [0.05, 0.1) is 30.4 Å². The molecule has 0 fully saturated rings. The number of rotatable bonds is 14. The number of nitrogens with two attached hydrogens (primary N) is 1. The van der Waals surface area contributed by atoms with E-state index in [1.54, 1.807) is 0 Å². The Morgan fingerprint density at radius 1 is 0.837 bits per heavy atom. The lowest BCUT2D eigenvalue weighted by molar-refractivity contribution is 0.0991. The number of carbonyl (C=O) groups excluding carboxylic acids is 1. The van der Waals surface area contributed by atoms with Gasteiger partial charge < -0.3 is 31.5 Å². The van der Waals surface area contributed by atoms with Crippen molar-refractivity contribution in [3.63, 3.8) is 0 Å². The maximum absolute atomic E-state index is 12.2. The predicted molar refractivity (Wildman–Crippen MR) is 172 cm³/mol. The molecule has 0 saturated carbocycles. The monoisotopic (exact) mass is 761 g/mol. The standard InChI is InChI=1S/C24H24ClN9O12S3/c25-21-30-23(27-3-5-46-6-4-35)32-24(31-21)28-13-1-2-16(17(9-13)29-22(26)36)33-34-18-11-15-12(8-20(18)49(43,44)45)7-14(47(37,38)39)10-19(15)48(40,41)42/h1-2,7-11,35H,3-6H2,(H3,26,29,36)(H,37,38,39)(H,40,41,42)(H,43,44,45)(H2,27,28,30,31,32)/b34-33+. The van der Waals surface area contributed by atoms with Crippen molar-refractivity contribution < 1.29 is 53.5 Å². The van der Waals surface area contributed by atoms with E-state index in [9.17, 15) is 43.7 Å². The van der Waals surface area contributed by atoms with Crippen molar-refractivity contribution in [2.75, 3.05) is 42.3 Å². The van der Waals surface area contributed by atoms with E-state index in [2.05, 4.69) is 41.1 Å². The highest BCUT2D eigenvalue weighted by molar-refractivity contribution is 7.87. The molecule has 0 spiro atoms. The second-order valence-electron chi connectivity index (χ2n) is 9.45. The summed E-state index contributed by atoms with van der Waals surface area (Å²) in [4.78, 5) is 20.8. The second kappa shape index (κ2) is 14.8. The van der Waals surface area contributed by atoms with Gasteiger partial charge in [0.1, 0.15) is 21.2 Å². The smallest absolute Gasteiger partial charge is 0.316 e. The summed E-state index contributed by atoms with van der Waals surface area (Å²) in [5.74, 6) is 0.0336. The van der Waals surface area contributed by atoms with Gasteiger partial charge in [0, 0.05) is 17.6 Å². The second-order valence-corrected chi connectivity index (χ2v) is 14.0. The van der Waals surface area contributed by atoms with Crippen molar-refractivity contribution in [1.29, 1.82) is 0 Å². The highest BCUT2D eigenvalue weighted by Gasteiger charge is 2.24. The molecule has 0 radical (unpaired) electrons. The Labute approximate surface area is 281 Å². The highest BCUT2D eigenvalue weighted by Crippen LogP contribution is 2.37. The number of aliphatic hydroxyl groups excluding tert-OH is 1. The molecule has 0 unspecified atom stereocenters. The number of urea groups is 1. The van der Waals surface area contributed by atoms with Crippen LogP contribution in [0.2, 0.25) is 5.28 Å². The molecule has 3 aromatic carbocycles. The van der Waals surface area contributed by atoms with E-state index in [4.69, 9.17) is 27.2 Å². The summed E-state index contributed by atoms with van der Waals surface area (Å²) in [5, 5.41) is 23.3. The third-order valence-corrected chi connectivity index (χ3v) is 8.75. The summed E-state index contributed by atoms with van der Waals surface area (Å²) in [6.45, 7) is 0.495. The lowest BCUT2D eigenvalue weighted by Crippen LogP contribution is -2.19. The Balaban J connectivity index is 1.75. The van der Waals surface area contributed by atoms with Crippen LogP contribution in [-0.2, 0) is 35.1 Å². The number of hydrogen-bond donors (Lipinski definition) is 8. The van der Waals surface area contributed by atoms with Crippen LogP contribution in [0.4, 0.5) is 39.4 Å². The topological polar surface area (TPSA) is 335 Å². The zero-order valence-corrected chi connectivity index (χ0v) is 27.5. The number of fused-ring (bicyclic) bond motifs is 1. The molecule has 0 atom stereocenters. The van der Waals surface area contributed by atoms with E-state index in [1.165, 1.54) is 18.2 Å². The van der Waals surface area contributed by atoms with Crippen molar-refractivity contribution in [1.82, 2.24) is 15.0 Å². The number of primary amides is 1. The van der Waals surface area contributed by atoms with Gasteiger partial charge in [0.2, 0.25) is 17.2 Å². The molecule has 49 heavy (non-hydrogen) atoms. The minimum Gasteiger partial charge on any atom is -0.394 e. The van der Waals surface area contributed by atoms with Gasteiger partial charge in [-0.25, -0.2) is 4.79 Å². The third-order valence-electron chi connectivity index (χ3n) is 5.97. The number of carbonyl (C=O) groups is 1. The van der Waals surface area contributed by atoms with Crippen LogP contribution in [0.1, 0.15) is 0 Å². The fraction of sp³-hybridized carbons (Fsp3) is 0.167. The Hall–Kier alpha value is -4.66. The predicted octanol–water partition coefficient (Wildman–Crippen LogP) is 2.49. The van der Waals surface area contributed by atoms with Crippen LogP contribution in [0.15, 0.2) is 67.4 Å². The molecule has 25 heteroatoms. The van der Waals surface area contributed by atoms with Gasteiger partial charge in [0.25, 0.3) is 30.4 Å². The van der Waals surface area contributed by atoms with Gasteiger partial charge in [-0.05, 0) is 59.5 Å². The fourth-order valence-corrected chi connectivity index (χ4v) is 6.17. The third kappa shape index (κ3) is 9.94. The Bertz CT molecular complexity index is 2290. The molecule has 0 saturated heterocycles. The zero-order valence-electron chi connectivity index (χ0n) is 24.3. The number of anilines is 4. The van der Waals surface area contributed by atoms with E-state index < -0.39 is 67.5 Å².